The molecule has 2 aromatic rings. The molecule has 3 rings (SSSR count). The molecule has 1 saturated heterocycles. The van der Waals surface area contributed by atoms with Crippen LogP contribution in [0.15, 0.2) is 48.5 Å². The molecule has 0 atom stereocenters. The zero-order valence-electron chi connectivity index (χ0n) is 18.7. The normalized spacial score (nSPS) is 14.7. The topological polar surface area (TPSA) is 69.7 Å². The van der Waals surface area contributed by atoms with E-state index in [1.807, 2.05) is 30.3 Å². The van der Waals surface area contributed by atoms with E-state index >= 15 is 0 Å². The van der Waals surface area contributed by atoms with Crippen LogP contribution >= 0.6 is 0 Å². The maximum atomic E-state index is 12.7. The molecule has 1 fully saturated rings. The second-order valence-electron chi connectivity index (χ2n) is 8.54. The largest absolute Gasteiger partial charge is 0.350 e. The summed E-state index contributed by atoms with van der Waals surface area (Å²) in [6.45, 7) is 7.40. The van der Waals surface area contributed by atoms with Gasteiger partial charge in [0.15, 0.2) is 0 Å². The van der Waals surface area contributed by atoms with Gasteiger partial charge in [0, 0.05) is 13.1 Å². The molecule has 1 amide bonds. The second kappa shape index (κ2) is 10.3. The first-order chi connectivity index (χ1) is 14.7. The molecule has 2 aromatic carbocycles. The van der Waals surface area contributed by atoms with Crippen LogP contribution in [0.5, 0.6) is 0 Å². The third-order valence-electron chi connectivity index (χ3n) is 5.72. The van der Waals surface area contributed by atoms with Gasteiger partial charge in [-0.3, -0.25) is 14.0 Å². The number of likely N-dealkylation sites (tertiary alicyclic amines) is 1. The lowest BCUT2D eigenvalue weighted by Crippen LogP contribution is -2.40. The van der Waals surface area contributed by atoms with Crippen molar-refractivity contribution in [3.05, 3.63) is 65.2 Å². The number of carbonyl (C=O) groups excluding carboxylic acids is 1. The van der Waals surface area contributed by atoms with Crippen LogP contribution in [0.2, 0.25) is 0 Å². The number of hydrogen-bond acceptors (Lipinski definition) is 4. The third-order valence-corrected chi connectivity index (χ3v) is 6.86. The van der Waals surface area contributed by atoms with Gasteiger partial charge >= 0.3 is 0 Å². The lowest BCUT2D eigenvalue weighted by Gasteiger charge is -2.23. The van der Waals surface area contributed by atoms with Gasteiger partial charge in [-0.1, -0.05) is 50.2 Å². The zero-order chi connectivity index (χ0) is 22.4. The monoisotopic (exact) mass is 443 g/mol. The molecule has 0 unspecified atom stereocenters. The predicted molar refractivity (Wildman–Crippen MR) is 126 cm³/mol. The van der Waals surface area contributed by atoms with Crippen molar-refractivity contribution >= 4 is 21.6 Å². The summed E-state index contributed by atoms with van der Waals surface area (Å²) in [6.07, 6.45) is 3.60. The SMILES string of the molecule is CC(C)c1ccc(N(CC(=O)NCc2ccccc2CN2CCCC2)S(C)(=O)=O)cc1. The number of carbonyl (C=O) groups is 1. The van der Waals surface area contributed by atoms with Gasteiger partial charge in [-0.2, -0.15) is 0 Å². The van der Waals surface area contributed by atoms with E-state index in [1.165, 1.54) is 18.4 Å². The molecule has 7 heteroatoms. The van der Waals surface area contributed by atoms with Crippen LogP contribution in [0.1, 0.15) is 49.3 Å². The summed E-state index contributed by atoms with van der Waals surface area (Å²) in [7, 11) is -3.59. The van der Waals surface area contributed by atoms with Gasteiger partial charge in [0.1, 0.15) is 6.54 Å². The Morgan fingerprint density at radius 3 is 2.23 bits per heavy atom. The molecule has 1 heterocycles. The number of nitrogens with zero attached hydrogens (tertiary/aromatic N) is 2. The Bertz CT molecular complexity index is 981. The van der Waals surface area contributed by atoms with Gasteiger partial charge in [0.2, 0.25) is 15.9 Å². The fourth-order valence-electron chi connectivity index (χ4n) is 3.87. The van der Waals surface area contributed by atoms with Crippen LogP contribution in [0, 0.1) is 0 Å². The number of anilines is 1. The van der Waals surface area contributed by atoms with E-state index in [9.17, 15) is 13.2 Å². The van der Waals surface area contributed by atoms with Crippen molar-refractivity contribution in [2.45, 2.75) is 45.7 Å². The first-order valence-corrected chi connectivity index (χ1v) is 12.7. The smallest absolute Gasteiger partial charge is 0.241 e. The van der Waals surface area contributed by atoms with E-state index in [-0.39, 0.29) is 12.5 Å². The van der Waals surface area contributed by atoms with Gasteiger partial charge in [-0.15, -0.1) is 0 Å². The Morgan fingerprint density at radius 1 is 1.03 bits per heavy atom. The summed E-state index contributed by atoms with van der Waals surface area (Å²) in [6, 6.07) is 15.4. The van der Waals surface area contributed by atoms with E-state index in [4.69, 9.17) is 0 Å². The minimum Gasteiger partial charge on any atom is -0.350 e. The van der Waals surface area contributed by atoms with Gasteiger partial charge < -0.3 is 5.32 Å². The molecule has 6 nitrogen and oxygen atoms in total. The van der Waals surface area contributed by atoms with Crippen molar-refractivity contribution < 1.29 is 13.2 Å². The zero-order valence-corrected chi connectivity index (χ0v) is 19.5. The van der Waals surface area contributed by atoms with Crippen molar-refractivity contribution in [1.82, 2.24) is 10.2 Å². The number of benzene rings is 2. The molecule has 0 radical (unpaired) electrons. The molecule has 31 heavy (non-hydrogen) atoms. The molecule has 0 saturated carbocycles. The summed E-state index contributed by atoms with van der Waals surface area (Å²) in [5, 5.41) is 2.90. The Balaban J connectivity index is 1.65. The first kappa shape index (κ1) is 23.3. The van der Waals surface area contributed by atoms with Crippen LogP contribution in [0.3, 0.4) is 0 Å². The van der Waals surface area contributed by atoms with E-state index in [2.05, 4.69) is 30.1 Å². The molecular weight excluding hydrogens is 410 g/mol. The van der Waals surface area contributed by atoms with Crippen LogP contribution in [0.4, 0.5) is 5.69 Å². The van der Waals surface area contributed by atoms with Gasteiger partial charge in [0.25, 0.3) is 0 Å². The van der Waals surface area contributed by atoms with E-state index in [1.54, 1.807) is 12.1 Å². The van der Waals surface area contributed by atoms with Crippen LogP contribution in [-0.2, 0) is 27.9 Å². The molecule has 0 aliphatic carbocycles. The van der Waals surface area contributed by atoms with Crippen molar-refractivity contribution in [3.63, 3.8) is 0 Å². The summed E-state index contributed by atoms with van der Waals surface area (Å²) in [4.78, 5) is 15.1. The van der Waals surface area contributed by atoms with Crippen molar-refractivity contribution in [1.29, 1.82) is 0 Å². The maximum absolute atomic E-state index is 12.7. The summed E-state index contributed by atoms with van der Waals surface area (Å²) in [5.74, 6) is 0.0268. The van der Waals surface area contributed by atoms with Gasteiger partial charge in [-0.25, -0.2) is 8.42 Å². The van der Waals surface area contributed by atoms with Gasteiger partial charge in [-0.05, 0) is 60.7 Å². The molecule has 0 aromatic heterocycles. The lowest BCUT2D eigenvalue weighted by molar-refractivity contribution is -0.119. The summed E-state index contributed by atoms with van der Waals surface area (Å²) in [5.41, 5.74) is 3.89. The highest BCUT2D eigenvalue weighted by atomic mass is 32.2. The summed E-state index contributed by atoms with van der Waals surface area (Å²) >= 11 is 0. The molecule has 0 spiro atoms. The molecule has 0 bridgehead atoms. The highest BCUT2D eigenvalue weighted by Gasteiger charge is 2.21. The molecule has 1 N–H and O–H groups in total. The minimum atomic E-state index is -3.59. The number of rotatable bonds is 9. The first-order valence-electron chi connectivity index (χ1n) is 10.9. The maximum Gasteiger partial charge on any atom is 0.241 e. The Labute approximate surface area is 186 Å². The standard InChI is InChI=1S/C24H33N3O3S/c1-19(2)20-10-12-23(13-11-20)27(31(3,29)30)18-24(28)25-16-21-8-4-5-9-22(21)17-26-14-6-7-15-26/h4-5,8-13,19H,6-7,14-18H2,1-3H3,(H,25,28). The molecule has 1 aliphatic rings. The number of sulfonamides is 1. The van der Waals surface area contributed by atoms with E-state index in [0.29, 0.717) is 18.2 Å². The highest BCUT2D eigenvalue weighted by molar-refractivity contribution is 7.92. The third kappa shape index (κ3) is 6.55. The van der Waals surface area contributed by atoms with Crippen molar-refractivity contribution in [3.8, 4) is 0 Å². The lowest BCUT2D eigenvalue weighted by atomic mass is 10.0. The Hall–Kier alpha value is -2.38. The van der Waals surface area contributed by atoms with Crippen LogP contribution in [-0.4, -0.2) is 45.1 Å². The van der Waals surface area contributed by atoms with Gasteiger partial charge in [0.05, 0.1) is 11.9 Å². The molecule has 168 valence electrons. The minimum absolute atomic E-state index is 0.242. The van der Waals surface area contributed by atoms with Crippen molar-refractivity contribution in [2.24, 2.45) is 0 Å². The quantitative estimate of drug-likeness (QED) is 0.644. The Kier molecular flexibility index (Phi) is 7.73. The van der Waals surface area contributed by atoms with E-state index in [0.717, 1.165) is 41.3 Å². The van der Waals surface area contributed by atoms with E-state index < -0.39 is 10.0 Å². The fraction of sp³-hybridized carbons (Fsp3) is 0.458. The highest BCUT2D eigenvalue weighted by Crippen LogP contribution is 2.22. The number of hydrogen-bond donors (Lipinski definition) is 1. The van der Waals surface area contributed by atoms with Crippen LogP contribution in [0.25, 0.3) is 0 Å². The average Bonchev–Trinajstić information content (AvgIpc) is 3.24. The predicted octanol–water partition coefficient (Wildman–Crippen LogP) is 3.49. The van der Waals surface area contributed by atoms with Crippen molar-refractivity contribution in [2.75, 3.05) is 30.2 Å². The molecular formula is C24H33N3O3S. The number of amides is 1. The Morgan fingerprint density at radius 2 is 1.65 bits per heavy atom. The molecule has 1 aliphatic heterocycles. The summed E-state index contributed by atoms with van der Waals surface area (Å²) < 4.78 is 25.9. The van der Waals surface area contributed by atoms with Crippen LogP contribution < -0.4 is 9.62 Å². The second-order valence-corrected chi connectivity index (χ2v) is 10.5. The fourth-order valence-corrected chi connectivity index (χ4v) is 4.73. The number of nitrogens with one attached hydrogen (secondary N) is 1. The average molecular weight is 444 g/mol.